The largest absolute Gasteiger partial charge is 0.494 e. The summed E-state index contributed by atoms with van der Waals surface area (Å²) in [5, 5.41) is 2.91. The molecule has 0 radical (unpaired) electrons. The normalized spacial score (nSPS) is 10.7. The third-order valence-electron chi connectivity index (χ3n) is 3.57. The van der Waals surface area contributed by atoms with Crippen LogP contribution in [0, 0.1) is 6.92 Å². The molecule has 1 N–H and O–H groups in total. The Morgan fingerprint density at radius 2 is 1.87 bits per heavy atom. The molecule has 1 amide bonds. The van der Waals surface area contributed by atoms with Gasteiger partial charge in [0.05, 0.1) is 6.61 Å². The van der Waals surface area contributed by atoms with Gasteiger partial charge in [-0.05, 0) is 55.2 Å². The van der Waals surface area contributed by atoms with Gasteiger partial charge in [-0.2, -0.15) is 0 Å². The van der Waals surface area contributed by atoms with E-state index in [0.29, 0.717) is 13.2 Å². The molecule has 0 spiro atoms. The van der Waals surface area contributed by atoms with Crippen LogP contribution in [0.2, 0.25) is 0 Å². The fourth-order valence-corrected chi connectivity index (χ4v) is 2.28. The summed E-state index contributed by atoms with van der Waals surface area (Å²) in [6, 6.07) is 15.9. The van der Waals surface area contributed by atoms with Crippen LogP contribution in [0.5, 0.6) is 5.75 Å². The Balaban J connectivity index is 1.79. The van der Waals surface area contributed by atoms with Gasteiger partial charge in [-0.25, -0.2) is 0 Å². The first-order chi connectivity index (χ1) is 11.2. The standard InChI is InChI=1S/C20H23NO2/c1-3-23-19-11-8-17(9-12-19)10-13-20(22)21-15-14-18-7-5-4-6-16(18)2/h4-13H,3,14-15H2,1-2H3,(H,21,22)/b13-10+. The first kappa shape index (κ1) is 16.8. The second kappa shape index (κ2) is 8.79. The number of hydrogen-bond donors (Lipinski definition) is 1. The Hall–Kier alpha value is -2.55. The van der Waals surface area contributed by atoms with Crippen LogP contribution in [-0.2, 0) is 11.2 Å². The molecular formula is C20H23NO2. The zero-order valence-corrected chi connectivity index (χ0v) is 13.7. The molecular weight excluding hydrogens is 286 g/mol. The third-order valence-corrected chi connectivity index (χ3v) is 3.57. The number of nitrogens with one attached hydrogen (secondary N) is 1. The number of aryl methyl sites for hydroxylation is 1. The van der Waals surface area contributed by atoms with E-state index < -0.39 is 0 Å². The zero-order valence-electron chi connectivity index (χ0n) is 13.7. The van der Waals surface area contributed by atoms with E-state index in [1.807, 2.05) is 43.3 Å². The highest BCUT2D eigenvalue weighted by Gasteiger charge is 1.99. The fourth-order valence-electron chi connectivity index (χ4n) is 2.28. The van der Waals surface area contributed by atoms with Crippen LogP contribution in [0.1, 0.15) is 23.6 Å². The molecule has 3 heteroatoms. The highest BCUT2D eigenvalue weighted by atomic mass is 16.5. The van der Waals surface area contributed by atoms with Gasteiger partial charge < -0.3 is 10.1 Å². The van der Waals surface area contributed by atoms with Crippen molar-refractivity contribution in [2.45, 2.75) is 20.3 Å². The maximum Gasteiger partial charge on any atom is 0.244 e. The summed E-state index contributed by atoms with van der Waals surface area (Å²) < 4.78 is 5.39. The van der Waals surface area contributed by atoms with Crippen LogP contribution < -0.4 is 10.1 Å². The quantitative estimate of drug-likeness (QED) is 0.791. The topological polar surface area (TPSA) is 38.3 Å². The van der Waals surface area contributed by atoms with Crippen molar-refractivity contribution in [3.63, 3.8) is 0 Å². The fraction of sp³-hybridized carbons (Fsp3) is 0.250. The van der Waals surface area contributed by atoms with Crippen LogP contribution in [0.15, 0.2) is 54.6 Å². The molecule has 0 aliphatic carbocycles. The summed E-state index contributed by atoms with van der Waals surface area (Å²) in [5.74, 6) is 0.764. The molecule has 0 heterocycles. The number of carbonyl (C=O) groups excluding carboxylic acids is 1. The van der Waals surface area contributed by atoms with Crippen molar-refractivity contribution in [3.05, 3.63) is 71.3 Å². The molecule has 2 aromatic rings. The summed E-state index contributed by atoms with van der Waals surface area (Å²) in [5.41, 5.74) is 3.50. The van der Waals surface area contributed by atoms with E-state index in [4.69, 9.17) is 4.74 Å². The Morgan fingerprint density at radius 3 is 2.57 bits per heavy atom. The number of hydrogen-bond acceptors (Lipinski definition) is 2. The maximum atomic E-state index is 11.8. The molecule has 0 aliphatic heterocycles. The van der Waals surface area contributed by atoms with Gasteiger partial charge in [-0.1, -0.05) is 36.4 Å². The molecule has 0 bridgehead atoms. The van der Waals surface area contributed by atoms with Gasteiger partial charge in [0.2, 0.25) is 5.91 Å². The second-order valence-corrected chi connectivity index (χ2v) is 5.30. The molecule has 0 saturated carbocycles. The van der Waals surface area contributed by atoms with E-state index in [9.17, 15) is 4.79 Å². The highest BCUT2D eigenvalue weighted by Crippen LogP contribution is 2.13. The van der Waals surface area contributed by atoms with Gasteiger partial charge in [-0.3, -0.25) is 4.79 Å². The number of carbonyl (C=O) groups is 1. The Bertz CT molecular complexity index is 660. The van der Waals surface area contributed by atoms with Gasteiger partial charge in [0, 0.05) is 12.6 Å². The molecule has 0 unspecified atom stereocenters. The van der Waals surface area contributed by atoms with Crippen LogP contribution in [0.4, 0.5) is 0 Å². The van der Waals surface area contributed by atoms with E-state index in [0.717, 1.165) is 17.7 Å². The summed E-state index contributed by atoms with van der Waals surface area (Å²) >= 11 is 0. The summed E-state index contributed by atoms with van der Waals surface area (Å²) in [6.45, 7) is 5.33. The molecule has 2 rings (SSSR count). The van der Waals surface area contributed by atoms with Crippen molar-refractivity contribution in [2.75, 3.05) is 13.2 Å². The monoisotopic (exact) mass is 309 g/mol. The SMILES string of the molecule is CCOc1ccc(/C=C/C(=O)NCCc2ccccc2C)cc1. The molecule has 0 aromatic heterocycles. The second-order valence-electron chi connectivity index (χ2n) is 5.30. The van der Waals surface area contributed by atoms with Gasteiger partial charge >= 0.3 is 0 Å². The van der Waals surface area contributed by atoms with E-state index >= 15 is 0 Å². The van der Waals surface area contributed by atoms with E-state index in [1.165, 1.54) is 11.1 Å². The van der Waals surface area contributed by atoms with Crippen molar-refractivity contribution < 1.29 is 9.53 Å². The molecule has 0 saturated heterocycles. The lowest BCUT2D eigenvalue weighted by molar-refractivity contribution is -0.116. The van der Waals surface area contributed by atoms with Gasteiger partial charge in [0.25, 0.3) is 0 Å². The van der Waals surface area contributed by atoms with Crippen molar-refractivity contribution in [1.29, 1.82) is 0 Å². The molecule has 2 aromatic carbocycles. The number of amides is 1. The minimum absolute atomic E-state index is 0.0764. The third kappa shape index (κ3) is 5.62. The maximum absolute atomic E-state index is 11.8. The minimum atomic E-state index is -0.0764. The van der Waals surface area contributed by atoms with Crippen molar-refractivity contribution >= 4 is 12.0 Å². The van der Waals surface area contributed by atoms with Crippen molar-refractivity contribution in [2.24, 2.45) is 0 Å². The van der Waals surface area contributed by atoms with Crippen LogP contribution in [0.25, 0.3) is 6.08 Å². The van der Waals surface area contributed by atoms with E-state index in [2.05, 4.69) is 24.4 Å². The van der Waals surface area contributed by atoms with E-state index in [-0.39, 0.29) is 5.91 Å². The van der Waals surface area contributed by atoms with Crippen LogP contribution in [-0.4, -0.2) is 19.1 Å². The molecule has 0 atom stereocenters. The minimum Gasteiger partial charge on any atom is -0.494 e. The lowest BCUT2D eigenvalue weighted by atomic mass is 10.1. The predicted octanol–water partition coefficient (Wildman–Crippen LogP) is 3.77. The summed E-state index contributed by atoms with van der Waals surface area (Å²) in [6.07, 6.45) is 4.21. The van der Waals surface area contributed by atoms with Gasteiger partial charge in [0.1, 0.15) is 5.75 Å². The van der Waals surface area contributed by atoms with Crippen LogP contribution >= 0.6 is 0 Å². The predicted molar refractivity (Wildman–Crippen MR) is 94.5 cm³/mol. The first-order valence-electron chi connectivity index (χ1n) is 7.92. The zero-order chi connectivity index (χ0) is 16.5. The number of ether oxygens (including phenoxy) is 1. The summed E-state index contributed by atoms with van der Waals surface area (Å²) in [7, 11) is 0. The average Bonchev–Trinajstić information content (AvgIpc) is 2.56. The molecule has 0 aliphatic rings. The molecule has 0 fully saturated rings. The van der Waals surface area contributed by atoms with Crippen molar-refractivity contribution in [3.8, 4) is 5.75 Å². The van der Waals surface area contributed by atoms with E-state index in [1.54, 1.807) is 12.2 Å². The average molecular weight is 309 g/mol. The van der Waals surface area contributed by atoms with Crippen LogP contribution in [0.3, 0.4) is 0 Å². The molecule has 3 nitrogen and oxygen atoms in total. The molecule has 23 heavy (non-hydrogen) atoms. The first-order valence-corrected chi connectivity index (χ1v) is 7.92. The Morgan fingerprint density at radius 1 is 1.13 bits per heavy atom. The highest BCUT2D eigenvalue weighted by molar-refractivity contribution is 5.91. The number of rotatable bonds is 7. The summed E-state index contributed by atoms with van der Waals surface area (Å²) in [4.78, 5) is 11.8. The van der Waals surface area contributed by atoms with Gasteiger partial charge in [0.15, 0.2) is 0 Å². The lowest BCUT2D eigenvalue weighted by Gasteiger charge is -2.06. The molecule has 120 valence electrons. The number of benzene rings is 2. The van der Waals surface area contributed by atoms with Crippen molar-refractivity contribution in [1.82, 2.24) is 5.32 Å². The lowest BCUT2D eigenvalue weighted by Crippen LogP contribution is -2.23. The Kier molecular flexibility index (Phi) is 6.42. The van der Waals surface area contributed by atoms with Gasteiger partial charge in [-0.15, -0.1) is 0 Å². The Labute approximate surface area is 138 Å². The smallest absolute Gasteiger partial charge is 0.244 e.